The number of hydrogen-bond acceptors (Lipinski definition) is 5. The molecule has 0 aliphatic rings. The maximum Gasteiger partial charge on any atom is 0.260 e. The third kappa shape index (κ3) is 2.35. The fourth-order valence-corrected chi connectivity index (χ4v) is 1.91. The first-order chi connectivity index (χ1) is 9.63. The average molecular weight is 287 g/mol. The number of nitrogens with two attached hydrogens (primary N) is 1. The number of aryl methyl sites for hydroxylation is 1. The highest BCUT2D eigenvalue weighted by Crippen LogP contribution is 2.27. The van der Waals surface area contributed by atoms with Gasteiger partial charge in [-0.3, -0.25) is 4.98 Å². The van der Waals surface area contributed by atoms with Crippen LogP contribution in [-0.2, 0) is 0 Å². The van der Waals surface area contributed by atoms with Crippen LogP contribution in [0.3, 0.4) is 0 Å². The van der Waals surface area contributed by atoms with Gasteiger partial charge in [-0.2, -0.15) is 4.98 Å². The molecule has 0 saturated heterocycles. The Hall–Kier alpha value is -2.40. The molecule has 0 aliphatic heterocycles. The second-order valence-electron chi connectivity index (χ2n) is 4.38. The normalized spacial score (nSPS) is 10.7. The third-order valence-electron chi connectivity index (χ3n) is 2.82. The number of halogens is 1. The number of nitrogens with zero attached hydrogens (tertiary/aromatic N) is 3. The van der Waals surface area contributed by atoms with E-state index in [1.807, 2.05) is 25.1 Å². The van der Waals surface area contributed by atoms with Gasteiger partial charge in [0.2, 0.25) is 5.82 Å². The number of anilines is 1. The lowest BCUT2D eigenvalue weighted by atomic mass is 10.1. The van der Waals surface area contributed by atoms with Crippen LogP contribution < -0.4 is 5.73 Å². The number of nitrogen functional groups attached to an aromatic ring is 1. The Morgan fingerprint density at radius 1 is 1.20 bits per heavy atom. The van der Waals surface area contributed by atoms with Gasteiger partial charge >= 0.3 is 0 Å². The minimum Gasteiger partial charge on any atom is -0.398 e. The molecule has 0 aliphatic carbocycles. The standard InChI is InChI=1S/C14H11ClN4O/c1-8-2-4-11(16)10(6-8)14-18-13(19-20-14)12-5-3-9(15)7-17-12/h2-7H,16H2,1H3. The predicted molar refractivity (Wildman–Crippen MR) is 77.1 cm³/mol. The summed E-state index contributed by atoms with van der Waals surface area (Å²) >= 11 is 5.80. The summed E-state index contributed by atoms with van der Waals surface area (Å²) in [4.78, 5) is 8.47. The van der Waals surface area contributed by atoms with Crippen molar-refractivity contribution in [3.05, 3.63) is 47.1 Å². The van der Waals surface area contributed by atoms with E-state index in [0.29, 0.717) is 28.1 Å². The van der Waals surface area contributed by atoms with Gasteiger partial charge in [0.05, 0.1) is 10.6 Å². The Morgan fingerprint density at radius 2 is 2.05 bits per heavy atom. The van der Waals surface area contributed by atoms with Crippen LogP contribution in [0.4, 0.5) is 5.69 Å². The molecule has 0 radical (unpaired) electrons. The van der Waals surface area contributed by atoms with Crippen LogP contribution in [0, 0.1) is 6.92 Å². The highest BCUT2D eigenvalue weighted by molar-refractivity contribution is 6.30. The van der Waals surface area contributed by atoms with Crippen LogP contribution >= 0.6 is 11.6 Å². The molecule has 3 rings (SSSR count). The smallest absolute Gasteiger partial charge is 0.260 e. The Morgan fingerprint density at radius 3 is 2.80 bits per heavy atom. The molecule has 0 saturated carbocycles. The van der Waals surface area contributed by atoms with E-state index in [-0.39, 0.29) is 0 Å². The van der Waals surface area contributed by atoms with Gasteiger partial charge in [0, 0.05) is 11.9 Å². The van der Waals surface area contributed by atoms with Gasteiger partial charge in [0.25, 0.3) is 5.89 Å². The molecule has 0 bridgehead atoms. The van der Waals surface area contributed by atoms with Crippen molar-refractivity contribution in [2.24, 2.45) is 0 Å². The summed E-state index contributed by atoms with van der Waals surface area (Å²) in [6.07, 6.45) is 1.54. The van der Waals surface area contributed by atoms with E-state index in [1.54, 1.807) is 12.1 Å². The van der Waals surface area contributed by atoms with Gasteiger partial charge in [-0.1, -0.05) is 28.4 Å². The molecule has 2 aromatic heterocycles. The largest absolute Gasteiger partial charge is 0.398 e. The fraction of sp³-hybridized carbons (Fsp3) is 0.0714. The van der Waals surface area contributed by atoms with E-state index in [9.17, 15) is 0 Å². The molecule has 20 heavy (non-hydrogen) atoms. The van der Waals surface area contributed by atoms with E-state index in [0.717, 1.165) is 11.1 Å². The van der Waals surface area contributed by atoms with Gasteiger partial charge in [0.1, 0.15) is 5.69 Å². The number of hydrogen-bond donors (Lipinski definition) is 1. The maximum atomic E-state index is 5.93. The zero-order chi connectivity index (χ0) is 14.1. The minimum absolute atomic E-state index is 0.373. The van der Waals surface area contributed by atoms with Crippen molar-refractivity contribution < 1.29 is 4.52 Å². The SMILES string of the molecule is Cc1ccc(N)c(-c2nc(-c3ccc(Cl)cn3)no2)c1. The second kappa shape index (κ2) is 4.94. The molecule has 0 fully saturated rings. The summed E-state index contributed by atoms with van der Waals surface area (Å²) in [5.74, 6) is 0.774. The van der Waals surface area contributed by atoms with Crippen molar-refractivity contribution in [2.75, 3.05) is 5.73 Å². The lowest BCUT2D eigenvalue weighted by molar-refractivity contribution is 0.432. The first-order valence-corrected chi connectivity index (χ1v) is 6.33. The average Bonchev–Trinajstić information content (AvgIpc) is 2.92. The van der Waals surface area contributed by atoms with Gasteiger partial charge in [-0.25, -0.2) is 0 Å². The lowest BCUT2D eigenvalue weighted by Crippen LogP contribution is -1.91. The summed E-state index contributed by atoms with van der Waals surface area (Å²) in [7, 11) is 0. The van der Waals surface area contributed by atoms with Gasteiger partial charge in [-0.05, 0) is 31.2 Å². The molecule has 0 unspecified atom stereocenters. The van der Waals surface area contributed by atoms with E-state index in [4.69, 9.17) is 21.9 Å². The number of pyridine rings is 1. The van der Waals surface area contributed by atoms with Crippen LogP contribution in [-0.4, -0.2) is 15.1 Å². The zero-order valence-electron chi connectivity index (χ0n) is 10.7. The van der Waals surface area contributed by atoms with Crippen LogP contribution in [0.1, 0.15) is 5.56 Å². The predicted octanol–water partition coefficient (Wildman–Crippen LogP) is 3.34. The monoisotopic (exact) mass is 286 g/mol. The second-order valence-corrected chi connectivity index (χ2v) is 4.81. The van der Waals surface area contributed by atoms with Crippen molar-refractivity contribution >= 4 is 17.3 Å². The van der Waals surface area contributed by atoms with Crippen LogP contribution in [0.5, 0.6) is 0 Å². The van der Waals surface area contributed by atoms with Gasteiger partial charge < -0.3 is 10.3 Å². The first kappa shape index (κ1) is 12.6. The van der Waals surface area contributed by atoms with Crippen molar-refractivity contribution in [3.63, 3.8) is 0 Å². The molecule has 2 heterocycles. The molecule has 0 amide bonds. The molecule has 1 aromatic carbocycles. The lowest BCUT2D eigenvalue weighted by Gasteiger charge is -2.01. The summed E-state index contributed by atoms with van der Waals surface area (Å²) in [5.41, 5.74) is 8.90. The Balaban J connectivity index is 2.01. The Labute approximate surface area is 120 Å². The summed E-state index contributed by atoms with van der Waals surface area (Å²) in [5, 5.41) is 4.47. The van der Waals surface area contributed by atoms with Crippen molar-refractivity contribution in [3.8, 4) is 23.0 Å². The Kier molecular flexibility index (Phi) is 3.12. The molecule has 2 N–H and O–H groups in total. The van der Waals surface area contributed by atoms with Crippen molar-refractivity contribution in [1.29, 1.82) is 0 Å². The molecule has 6 heteroatoms. The third-order valence-corrected chi connectivity index (χ3v) is 3.05. The highest BCUT2D eigenvalue weighted by atomic mass is 35.5. The molecule has 0 atom stereocenters. The van der Waals surface area contributed by atoms with E-state index in [2.05, 4.69) is 15.1 Å². The van der Waals surface area contributed by atoms with E-state index in [1.165, 1.54) is 6.20 Å². The molecule has 0 spiro atoms. The topological polar surface area (TPSA) is 77.8 Å². The highest BCUT2D eigenvalue weighted by Gasteiger charge is 2.13. The molecular formula is C14H11ClN4O. The summed E-state index contributed by atoms with van der Waals surface area (Å²) in [6, 6.07) is 9.10. The van der Waals surface area contributed by atoms with Gasteiger partial charge in [0.15, 0.2) is 0 Å². The Bertz CT molecular complexity index is 752. The number of benzene rings is 1. The van der Waals surface area contributed by atoms with Crippen LogP contribution in [0.2, 0.25) is 5.02 Å². The van der Waals surface area contributed by atoms with Crippen molar-refractivity contribution in [1.82, 2.24) is 15.1 Å². The van der Waals surface area contributed by atoms with Crippen LogP contribution in [0.25, 0.3) is 23.0 Å². The molecule has 3 aromatic rings. The minimum atomic E-state index is 0.373. The first-order valence-electron chi connectivity index (χ1n) is 5.95. The number of aromatic nitrogens is 3. The van der Waals surface area contributed by atoms with E-state index >= 15 is 0 Å². The quantitative estimate of drug-likeness (QED) is 0.731. The van der Waals surface area contributed by atoms with Crippen molar-refractivity contribution in [2.45, 2.75) is 6.92 Å². The molecular weight excluding hydrogens is 276 g/mol. The molecule has 100 valence electrons. The maximum absolute atomic E-state index is 5.93. The van der Waals surface area contributed by atoms with Gasteiger partial charge in [-0.15, -0.1) is 0 Å². The summed E-state index contributed by atoms with van der Waals surface area (Å²) in [6.45, 7) is 1.97. The van der Waals surface area contributed by atoms with E-state index < -0.39 is 0 Å². The fourth-order valence-electron chi connectivity index (χ4n) is 1.80. The number of rotatable bonds is 2. The van der Waals surface area contributed by atoms with Crippen LogP contribution in [0.15, 0.2) is 41.1 Å². The molecule has 5 nitrogen and oxygen atoms in total. The summed E-state index contributed by atoms with van der Waals surface area (Å²) < 4.78 is 5.26. The zero-order valence-corrected chi connectivity index (χ0v) is 11.4.